The SMILES string of the molecule is CCOc1cc(/C=C2/SC(=S)N(c3ccc(OC)cc3)C2=O)ccc1OCc1ccccc1C#N. The predicted octanol–water partition coefficient (Wildman–Crippen LogP) is 5.95. The Bertz CT molecular complexity index is 1330. The number of benzene rings is 3. The van der Waals surface area contributed by atoms with Gasteiger partial charge in [0, 0.05) is 5.56 Å². The average Bonchev–Trinajstić information content (AvgIpc) is 3.16. The molecule has 1 heterocycles. The smallest absolute Gasteiger partial charge is 0.270 e. The maximum Gasteiger partial charge on any atom is 0.270 e. The summed E-state index contributed by atoms with van der Waals surface area (Å²) in [7, 11) is 1.59. The zero-order chi connectivity index (χ0) is 24.8. The monoisotopic (exact) mass is 502 g/mol. The van der Waals surface area contributed by atoms with Crippen LogP contribution in [0.2, 0.25) is 0 Å². The summed E-state index contributed by atoms with van der Waals surface area (Å²) in [4.78, 5) is 15.1. The van der Waals surface area contributed by atoms with E-state index in [0.717, 1.165) is 11.1 Å². The van der Waals surface area contributed by atoms with Gasteiger partial charge in [0.05, 0.1) is 35.9 Å². The molecular formula is C27H22N2O4S2. The van der Waals surface area contributed by atoms with Gasteiger partial charge in [0.15, 0.2) is 15.8 Å². The van der Waals surface area contributed by atoms with Crippen molar-refractivity contribution in [1.82, 2.24) is 0 Å². The zero-order valence-corrected chi connectivity index (χ0v) is 20.8. The van der Waals surface area contributed by atoms with Crippen LogP contribution in [-0.4, -0.2) is 23.9 Å². The zero-order valence-electron chi connectivity index (χ0n) is 19.2. The van der Waals surface area contributed by atoms with Crippen LogP contribution in [-0.2, 0) is 11.4 Å². The quantitative estimate of drug-likeness (QED) is 0.278. The normalized spacial score (nSPS) is 14.2. The highest BCUT2D eigenvalue weighted by Gasteiger charge is 2.33. The number of amides is 1. The van der Waals surface area contributed by atoms with E-state index in [4.69, 9.17) is 26.4 Å². The predicted molar refractivity (Wildman–Crippen MR) is 142 cm³/mol. The van der Waals surface area contributed by atoms with E-state index in [1.54, 1.807) is 49.6 Å². The third-order valence-corrected chi connectivity index (χ3v) is 6.51. The lowest BCUT2D eigenvalue weighted by Gasteiger charge is -2.15. The van der Waals surface area contributed by atoms with E-state index in [1.807, 2.05) is 37.3 Å². The number of rotatable bonds is 8. The summed E-state index contributed by atoms with van der Waals surface area (Å²) in [5, 5.41) is 9.30. The summed E-state index contributed by atoms with van der Waals surface area (Å²) in [5.74, 6) is 1.64. The number of anilines is 1. The van der Waals surface area contributed by atoms with Crippen LogP contribution in [0.15, 0.2) is 71.6 Å². The van der Waals surface area contributed by atoms with Gasteiger partial charge in [0.1, 0.15) is 12.4 Å². The molecule has 3 aromatic rings. The first-order valence-electron chi connectivity index (χ1n) is 10.8. The van der Waals surface area contributed by atoms with Gasteiger partial charge in [0.25, 0.3) is 5.91 Å². The van der Waals surface area contributed by atoms with Crippen molar-refractivity contribution >= 4 is 46.0 Å². The van der Waals surface area contributed by atoms with Crippen LogP contribution in [0.5, 0.6) is 17.2 Å². The highest BCUT2D eigenvalue weighted by molar-refractivity contribution is 8.27. The number of thioether (sulfide) groups is 1. The van der Waals surface area contributed by atoms with E-state index in [0.29, 0.717) is 44.3 Å². The van der Waals surface area contributed by atoms with Crippen molar-refractivity contribution in [1.29, 1.82) is 5.26 Å². The van der Waals surface area contributed by atoms with Crippen molar-refractivity contribution in [2.75, 3.05) is 18.6 Å². The topological polar surface area (TPSA) is 71.8 Å². The van der Waals surface area contributed by atoms with Gasteiger partial charge in [-0.25, -0.2) is 0 Å². The fourth-order valence-electron chi connectivity index (χ4n) is 3.49. The molecule has 0 N–H and O–H groups in total. The molecule has 0 aliphatic carbocycles. The van der Waals surface area contributed by atoms with Crippen molar-refractivity contribution in [3.63, 3.8) is 0 Å². The minimum Gasteiger partial charge on any atom is -0.497 e. The molecule has 6 nitrogen and oxygen atoms in total. The molecule has 0 radical (unpaired) electrons. The second-order valence-corrected chi connectivity index (χ2v) is 9.09. The third-order valence-electron chi connectivity index (χ3n) is 5.21. The van der Waals surface area contributed by atoms with Crippen LogP contribution in [0.25, 0.3) is 6.08 Å². The summed E-state index contributed by atoms with van der Waals surface area (Å²) in [6.45, 7) is 2.58. The van der Waals surface area contributed by atoms with E-state index in [2.05, 4.69) is 6.07 Å². The van der Waals surface area contributed by atoms with Gasteiger partial charge in [-0.05, 0) is 61.0 Å². The molecule has 1 saturated heterocycles. The van der Waals surface area contributed by atoms with Crippen LogP contribution < -0.4 is 19.1 Å². The number of nitrogens with zero attached hydrogens (tertiary/aromatic N) is 2. The van der Waals surface area contributed by atoms with Gasteiger partial charge in [-0.2, -0.15) is 5.26 Å². The minimum absolute atomic E-state index is 0.184. The fraction of sp³-hybridized carbons (Fsp3) is 0.148. The van der Waals surface area contributed by atoms with Crippen molar-refractivity contribution in [3.05, 3.63) is 88.3 Å². The second-order valence-electron chi connectivity index (χ2n) is 7.41. The summed E-state index contributed by atoms with van der Waals surface area (Å²) in [6.07, 6.45) is 1.79. The van der Waals surface area contributed by atoms with Crippen molar-refractivity contribution in [2.24, 2.45) is 0 Å². The molecule has 0 saturated carbocycles. The minimum atomic E-state index is -0.184. The van der Waals surface area contributed by atoms with Crippen LogP contribution >= 0.6 is 24.0 Å². The highest BCUT2D eigenvalue weighted by Crippen LogP contribution is 2.38. The molecule has 4 rings (SSSR count). The maximum atomic E-state index is 13.1. The molecule has 1 amide bonds. The molecule has 0 spiro atoms. The Morgan fingerprint density at radius 2 is 1.83 bits per heavy atom. The van der Waals surface area contributed by atoms with Gasteiger partial charge >= 0.3 is 0 Å². The van der Waals surface area contributed by atoms with E-state index in [1.165, 1.54) is 16.7 Å². The number of methoxy groups -OCH3 is 1. The molecule has 0 atom stereocenters. The Labute approximate surface area is 213 Å². The van der Waals surface area contributed by atoms with Gasteiger partial charge in [-0.15, -0.1) is 0 Å². The van der Waals surface area contributed by atoms with Gasteiger partial charge in [-0.1, -0.05) is 48.2 Å². The number of carbonyl (C=O) groups is 1. The molecule has 8 heteroatoms. The largest absolute Gasteiger partial charge is 0.497 e. The van der Waals surface area contributed by atoms with E-state index in [9.17, 15) is 10.1 Å². The average molecular weight is 503 g/mol. The van der Waals surface area contributed by atoms with Crippen molar-refractivity contribution in [2.45, 2.75) is 13.5 Å². The summed E-state index contributed by atoms with van der Waals surface area (Å²) < 4.78 is 17.4. The Balaban J connectivity index is 1.55. The first-order chi connectivity index (χ1) is 17.0. The molecule has 0 unspecified atom stereocenters. The van der Waals surface area contributed by atoms with E-state index in [-0.39, 0.29) is 12.5 Å². The van der Waals surface area contributed by atoms with Crippen molar-refractivity contribution in [3.8, 4) is 23.3 Å². The lowest BCUT2D eigenvalue weighted by atomic mass is 10.1. The summed E-state index contributed by atoms with van der Waals surface area (Å²) in [5.41, 5.74) is 2.84. The van der Waals surface area contributed by atoms with Gasteiger partial charge in [0.2, 0.25) is 0 Å². The Kier molecular flexibility index (Phi) is 7.70. The van der Waals surface area contributed by atoms with Crippen LogP contribution in [0.1, 0.15) is 23.6 Å². The first kappa shape index (κ1) is 24.3. The highest BCUT2D eigenvalue weighted by atomic mass is 32.2. The molecule has 35 heavy (non-hydrogen) atoms. The van der Waals surface area contributed by atoms with Crippen LogP contribution in [0.4, 0.5) is 5.69 Å². The number of thiocarbonyl (C=S) groups is 1. The number of nitriles is 1. The number of ether oxygens (including phenoxy) is 3. The first-order valence-corrected chi connectivity index (χ1v) is 12.1. The molecule has 1 aliphatic heterocycles. The molecule has 176 valence electrons. The standard InChI is InChI=1S/C27H22N2O4S2/c1-3-32-24-14-18(8-13-23(24)33-17-20-7-5-4-6-19(20)16-28)15-25-26(30)29(27(34)35-25)21-9-11-22(31-2)12-10-21/h4-15H,3,17H2,1-2H3/b25-15+. The Hall–Kier alpha value is -3.80. The number of hydrogen-bond acceptors (Lipinski definition) is 7. The lowest BCUT2D eigenvalue weighted by Crippen LogP contribution is -2.27. The van der Waals surface area contributed by atoms with Crippen molar-refractivity contribution < 1.29 is 19.0 Å². The fourth-order valence-corrected chi connectivity index (χ4v) is 4.78. The summed E-state index contributed by atoms with van der Waals surface area (Å²) >= 11 is 6.72. The lowest BCUT2D eigenvalue weighted by molar-refractivity contribution is -0.113. The Morgan fingerprint density at radius 1 is 1.06 bits per heavy atom. The molecule has 0 aromatic heterocycles. The second kappa shape index (κ2) is 11.1. The van der Waals surface area contributed by atoms with Crippen LogP contribution in [0, 0.1) is 11.3 Å². The number of hydrogen-bond donors (Lipinski definition) is 0. The molecule has 3 aromatic carbocycles. The third kappa shape index (κ3) is 5.48. The molecule has 1 aliphatic rings. The molecular weight excluding hydrogens is 480 g/mol. The van der Waals surface area contributed by atoms with Gasteiger partial charge in [-0.3, -0.25) is 9.69 Å². The van der Waals surface area contributed by atoms with Gasteiger partial charge < -0.3 is 14.2 Å². The molecule has 0 bridgehead atoms. The summed E-state index contributed by atoms with van der Waals surface area (Å²) in [6, 6.07) is 22.2. The van der Waals surface area contributed by atoms with E-state index >= 15 is 0 Å². The maximum absolute atomic E-state index is 13.1. The Morgan fingerprint density at radius 3 is 2.54 bits per heavy atom. The van der Waals surface area contributed by atoms with Crippen LogP contribution in [0.3, 0.4) is 0 Å². The van der Waals surface area contributed by atoms with E-state index < -0.39 is 0 Å². The number of carbonyl (C=O) groups excluding carboxylic acids is 1. The molecule has 1 fully saturated rings.